The molecule has 0 aliphatic heterocycles. The minimum absolute atomic E-state index is 0.0783. The number of rotatable bonds is 4. The van der Waals surface area contributed by atoms with Crippen LogP contribution in [0.4, 0.5) is 5.82 Å². The third-order valence-electron chi connectivity index (χ3n) is 2.68. The molecule has 0 spiro atoms. The number of anilines is 1. The predicted molar refractivity (Wildman–Crippen MR) is 84.4 cm³/mol. The van der Waals surface area contributed by atoms with Gasteiger partial charge in [0.1, 0.15) is 5.82 Å². The molecule has 20 heavy (non-hydrogen) atoms. The Hall–Kier alpha value is -1.52. The Kier molecular flexibility index (Phi) is 5.04. The van der Waals surface area contributed by atoms with Crippen molar-refractivity contribution in [2.24, 2.45) is 0 Å². The molecule has 104 valence electrons. The highest BCUT2D eigenvalue weighted by molar-refractivity contribution is 8.00. The zero-order valence-corrected chi connectivity index (χ0v) is 12.8. The lowest BCUT2D eigenvalue weighted by Gasteiger charge is -2.11. The van der Waals surface area contributed by atoms with Crippen LogP contribution in [0.1, 0.15) is 12.5 Å². The van der Waals surface area contributed by atoms with Gasteiger partial charge in [-0.1, -0.05) is 29.3 Å². The first kappa shape index (κ1) is 14.9. The van der Waals surface area contributed by atoms with Gasteiger partial charge in [0.2, 0.25) is 5.91 Å². The maximum absolute atomic E-state index is 12.1. The van der Waals surface area contributed by atoms with Crippen molar-refractivity contribution >= 4 is 35.1 Å². The lowest BCUT2D eigenvalue weighted by atomic mass is 10.2. The van der Waals surface area contributed by atoms with Crippen molar-refractivity contribution in [2.45, 2.75) is 24.0 Å². The van der Waals surface area contributed by atoms with Gasteiger partial charge in [-0.15, -0.1) is 11.8 Å². The molecule has 0 saturated carbocycles. The first-order valence-electron chi connectivity index (χ1n) is 6.20. The zero-order chi connectivity index (χ0) is 14.5. The number of halogens is 1. The standard InChI is InChI=1S/C15H15ClN2OS/c1-10-3-6-13(7-4-10)20-11(2)15(19)18-14-8-5-12(16)9-17-14/h3-9,11H,1-2H3,(H,17,18,19)/t11-/m0/s1. The summed E-state index contributed by atoms with van der Waals surface area (Å²) in [5, 5.41) is 3.12. The van der Waals surface area contributed by atoms with Crippen molar-refractivity contribution in [3.05, 3.63) is 53.2 Å². The predicted octanol–water partition coefficient (Wildman–Crippen LogP) is 4.16. The first-order valence-corrected chi connectivity index (χ1v) is 7.46. The number of nitrogens with one attached hydrogen (secondary N) is 1. The maximum Gasteiger partial charge on any atom is 0.238 e. The molecule has 2 rings (SSSR count). The fraction of sp³-hybridized carbons (Fsp3) is 0.200. The van der Waals surface area contributed by atoms with E-state index in [1.165, 1.54) is 23.5 Å². The summed E-state index contributed by atoms with van der Waals surface area (Å²) in [4.78, 5) is 17.2. The number of nitrogens with zero attached hydrogens (tertiary/aromatic N) is 1. The zero-order valence-electron chi connectivity index (χ0n) is 11.3. The van der Waals surface area contributed by atoms with Crippen LogP contribution < -0.4 is 5.32 Å². The molecule has 1 aromatic heterocycles. The van der Waals surface area contributed by atoms with Gasteiger partial charge in [-0.2, -0.15) is 0 Å². The highest BCUT2D eigenvalue weighted by Crippen LogP contribution is 2.24. The molecular formula is C15H15ClN2OS. The summed E-state index contributed by atoms with van der Waals surface area (Å²) in [6, 6.07) is 11.5. The molecule has 0 aliphatic carbocycles. The Labute approximate surface area is 127 Å². The Balaban J connectivity index is 1.94. The van der Waals surface area contributed by atoms with Crippen LogP contribution in [0.25, 0.3) is 0 Å². The number of pyridine rings is 1. The first-order chi connectivity index (χ1) is 9.54. The molecule has 0 aliphatic rings. The third kappa shape index (κ3) is 4.25. The third-order valence-corrected chi connectivity index (χ3v) is 4.02. The second-order valence-electron chi connectivity index (χ2n) is 4.42. The fourth-order valence-electron chi connectivity index (χ4n) is 1.55. The number of thioether (sulfide) groups is 1. The largest absolute Gasteiger partial charge is 0.310 e. The van der Waals surface area contributed by atoms with E-state index in [9.17, 15) is 4.79 Å². The Morgan fingerprint density at radius 1 is 1.25 bits per heavy atom. The van der Waals surface area contributed by atoms with Crippen LogP contribution in [-0.2, 0) is 4.79 Å². The maximum atomic E-state index is 12.1. The van der Waals surface area contributed by atoms with Crippen LogP contribution in [0.15, 0.2) is 47.5 Å². The van der Waals surface area contributed by atoms with Crippen LogP contribution in [0, 0.1) is 6.92 Å². The van der Waals surface area contributed by atoms with Crippen LogP contribution in [0.2, 0.25) is 5.02 Å². The fourth-order valence-corrected chi connectivity index (χ4v) is 2.53. The number of aromatic nitrogens is 1. The number of aryl methyl sites for hydroxylation is 1. The summed E-state index contributed by atoms with van der Waals surface area (Å²) in [6.45, 7) is 3.91. The average molecular weight is 307 g/mol. The Morgan fingerprint density at radius 2 is 1.95 bits per heavy atom. The monoisotopic (exact) mass is 306 g/mol. The van der Waals surface area contributed by atoms with Gasteiger partial charge in [0, 0.05) is 11.1 Å². The molecule has 0 unspecified atom stereocenters. The Bertz CT molecular complexity index is 584. The quantitative estimate of drug-likeness (QED) is 0.862. The molecule has 1 N–H and O–H groups in total. The van der Waals surface area contributed by atoms with E-state index in [1.54, 1.807) is 12.1 Å². The highest BCUT2D eigenvalue weighted by Gasteiger charge is 2.14. The lowest BCUT2D eigenvalue weighted by Crippen LogP contribution is -2.22. The van der Waals surface area contributed by atoms with E-state index >= 15 is 0 Å². The molecule has 1 amide bonds. The number of hydrogen-bond donors (Lipinski definition) is 1. The van der Waals surface area contributed by atoms with Gasteiger partial charge >= 0.3 is 0 Å². The summed E-state index contributed by atoms with van der Waals surface area (Å²) >= 11 is 7.27. The molecule has 0 bridgehead atoms. The highest BCUT2D eigenvalue weighted by atomic mass is 35.5. The normalized spacial score (nSPS) is 11.9. The SMILES string of the molecule is Cc1ccc(S[C@@H](C)C(=O)Nc2ccc(Cl)cn2)cc1. The van der Waals surface area contributed by atoms with E-state index in [0.717, 1.165) is 4.90 Å². The van der Waals surface area contributed by atoms with Crippen molar-refractivity contribution < 1.29 is 4.79 Å². The minimum atomic E-state index is -0.199. The number of carbonyl (C=O) groups is 1. The second kappa shape index (κ2) is 6.77. The number of benzene rings is 1. The average Bonchev–Trinajstić information content (AvgIpc) is 2.44. The van der Waals surface area contributed by atoms with Gasteiger partial charge in [0.05, 0.1) is 10.3 Å². The molecule has 5 heteroatoms. The lowest BCUT2D eigenvalue weighted by molar-refractivity contribution is -0.115. The molecule has 0 radical (unpaired) electrons. The van der Waals surface area contributed by atoms with E-state index in [0.29, 0.717) is 10.8 Å². The van der Waals surface area contributed by atoms with Crippen molar-refractivity contribution in [1.82, 2.24) is 4.98 Å². The molecular weight excluding hydrogens is 292 g/mol. The van der Waals surface area contributed by atoms with Gasteiger partial charge in [-0.3, -0.25) is 4.79 Å². The number of hydrogen-bond acceptors (Lipinski definition) is 3. The smallest absolute Gasteiger partial charge is 0.238 e. The summed E-state index contributed by atoms with van der Waals surface area (Å²) in [5.41, 5.74) is 1.21. The van der Waals surface area contributed by atoms with Gasteiger partial charge in [0.15, 0.2) is 0 Å². The van der Waals surface area contributed by atoms with E-state index in [-0.39, 0.29) is 11.2 Å². The topological polar surface area (TPSA) is 42.0 Å². The van der Waals surface area contributed by atoms with Crippen molar-refractivity contribution in [1.29, 1.82) is 0 Å². The summed E-state index contributed by atoms with van der Waals surface area (Å²) in [5.74, 6) is 0.432. The number of carbonyl (C=O) groups excluding carboxylic acids is 1. The summed E-state index contributed by atoms with van der Waals surface area (Å²) in [7, 11) is 0. The summed E-state index contributed by atoms with van der Waals surface area (Å²) < 4.78 is 0. The van der Waals surface area contributed by atoms with Crippen molar-refractivity contribution in [2.75, 3.05) is 5.32 Å². The van der Waals surface area contributed by atoms with Gasteiger partial charge in [-0.05, 0) is 38.1 Å². The van der Waals surface area contributed by atoms with Gasteiger partial charge in [-0.25, -0.2) is 4.98 Å². The van der Waals surface area contributed by atoms with Gasteiger partial charge in [0.25, 0.3) is 0 Å². The number of amides is 1. The van der Waals surface area contributed by atoms with Crippen LogP contribution in [0.5, 0.6) is 0 Å². The molecule has 1 aromatic carbocycles. The Morgan fingerprint density at radius 3 is 2.55 bits per heavy atom. The van der Waals surface area contributed by atoms with Crippen molar-refractivity contribution in [3.8, 4) is 0 Å². The summed E-state index contributed by atoms with van der Waals surface area (Å²) in [6.07, 6.45) is 1.51. The second-order valence-corrected chi connectivity index (χ2v) is 6.27. The van der Waals surface area contributed by atoms with E-state index in [4.69, 9.17) is 11.6 Å². The van der Waals surface area contributed by atoms with E-state index in [2.05, 4.69) is 10.3 Å². The molecule has 0 fully saturated rings. The molecule has 2 aromatic rings. The molecule has 1 heterocycles. The molecule has 0 saturated heterocycles. The van der Waals surface area contributed by atoms with Crippen LogP contribution in [0.3, 0.4) is 0 Å². The molecule has 1 atom stereocenters. The van der Waals surface area contributed by atoms with Crippen LogP contribution in [-0.4, -0.2) is 16.1 Å². The van der Waals surface area contributed by atoms with E-state index in [1.807, 2.05) is 38.1 Å². The van der Waals surface area contributed by atoms with Crippen LogP contribution >= 0.6 is 23.4 Å². The van der Waals surface area contributed by atoms with E-state index < -0.39 is 0 Å². The van der Waals surface area contributed by atoms with Crippen molar-refractivity contribution in [3.63, 3.8) is 0 Å². The van der Waals surface area contributed by atoms with Gasteiger partial charge < -0.3 is 5.32 Å². The minimum Gasteiger partial charge on any atom is -0.310 e. The molecule has 3 nitrogen and oxygen atoms in total.